The maximum Gasteiger partial charge on any atom is 0.123 e. The highest BCUT2D eigenvalue weighted by molar-refractivity contribution is 9.10. The molecular weight excluding hydrogens is 313 g/mol. The Morgan fingerprint density at radius 1 is 1.47 bits per heavy atom. The predicted molar refractivity (Wildman–Crippen MR) is 75.5 cm³/mol. The number of benzene rings is 1. The molecule has 0 radical (unpaired) electrons. The Balaban J connectivity index is 1.94. The van der Waals surface area contributed by atoms with Gasteiger partial charge in [-0.1, -0.05) is 15.9 Å². The monoisotopic (exact) mass is 327 g/mol. The lowest BCUT2D eigenvalue weighted by Crippen LogP contribution is -2.04. The van der Waals surface area contributed by atoms with Crippen LogP contribution in [-0.2, 0) is 17.8 Å². The molecule has 2 aromatic rings. The standard InChI is InChI=1S/C13H15BrFN3O/c1-19-5-4-18-9-12(8-17-18)16-7-10-6-11(15)2-3-13(10)14/h2-3,6,8-9,16H,4-5,7H2,1H3. The van der Waals surface area contributed by atoms with E-state index in [4.69, 9.17) is 4.74 Å². The van der Waals surface area contributed by atoms with Crippen LogP contribution in [0.25, 0.3) is 0 Å². The van der Waals surface area contributed by atoms with Crippen LogP contribution in [0.4, 0.5) is 10.1 Å². The third kappa shape index (κ3) is 4.04. The molecule has 0 atom stereocenters. The van der Waals surface area contributed by atoms with Crippen LogP contribution in [0.15, 0.2) is 35.1 Å². The Morgan fingerprint density at radius 3 is 3.11 bits per heavy atom. The first-order chi connectivity index (χ1) is 9.19. The highest BCUT2D eigenvalue weighted by Crippen LogP contribution is 2.19. The van der Waals surface area contributed by atoms with Crippen LogP contribution in [0.3, 0.4) is 0 Å². The first-order valence-electron chi connectivity index (χ1n) is 5.88. The number of aromatic nitrogens is 2. The predicted octanol–water partition coefficient (Wildman–Crippen LogP) is 3.04. The molecule has 4 nitrogen and oxygen atoms in total. The molecule has 0 aliphatic rings. The minimum Gasteiger partial charge on any atom is -0.383 e. The smallest absolute Gasteiger partial charge is 0.123 e. The van der Waals surface area contributed by atoms with Crippen LogP contribution < -0.4 is 5.32 Å². The number of rotatable bonds is 6. The van der Waals surface area contributed by atoms with E-state index in [9.17, 15) is 4.39 Å². The fourth-order valence-electron chi connectivity index (χ4n) is 1.64. The Morgan fingerprint density at radius 2 is 2.32 bits per heavy atom. The molecule has 0 aliphatic heterocycles. The number of hydrogen-bond donors (Lipinski definition) is 1. The van der Waals surface area contributed by atoms with E-state index in [1.54, 1.807) is 24.1 Å². The number of anilines is 1. The van der Waals surface area contributed by atoms with E-state index in [0.717, 1.165) is 15.7 Å². The Kier molecular flexibility index (Phi) is 4.93. The van der Waals surface area contributed by atoms with Gasteiger partial charge in [-0.15, -0.1) is 0 Å². The molecule has 1 aromatic heterocycles. The molecule has 0 bridgehead atoms. The molecular formula is C13H15BrFN3O. The fourth-order valence-corrected chi connectivity index (χ4v) is 2.02. The van der Waals surface area contributed by atoms with Gasteiger partial charge < -0.3 is 10.1 Å². The largest absolute Gasteiger partial charge is 0.383 e. The van der Waals surface area contributed by atoms with Gasteiger partial charge >= 0.3 is 0 Å². The molecule has 6 heteroatoms. The quantitative estimate of drug-likeness (QED) is 0.886. The molecule has 2 rings (SSSR count). The molecule has 0 amide bonds. The second-order valence-electron chi connectivity index (χ2n) is 4.07. The van der Waals surface area contributed by atoms with E-state index in [-0.39, 0.29) is 5.82 Å². The zero-order valence-corrected chi connectivity index (χ0v) is 12.2. The summed E-state index contributed by atoms with van der Waals surface area (Å²) in [5.74, 6) is -0.240. The Labute approximate surface area is 119 Å². The maximum atomic E-state index is 13.1. The Bertz CT molecular complexity index is 544. The number of ether oxygens (including phenoxy) is 1. The first kappa shape index (κ1) is 14.0. The summed E-state index contributed by atoms with van der Waals surface area (Å²) in [7, 11) is 1.66. The van der Waals surface area contributed by atoms with Crippen LogP contribution in [0.2, 0.25) is 0 Å². The minimum absolute atomic E-state index is 0.240. The van der Waals surface area contributed by atoms with E-state index in [0.29, 0.717) is 19.7 Å². The highest BCUT2D eigenvalue weighted by Gasteiger charge is 2.03. The summed E-state index contributed by atoms with van der Waals surface area (Å²) >= 11 is 3.40. The lowest BCUT2D eigenvalue weighted by molar-refractivity contribution is 0.183. The van der Waals surface area contributed by atoms with Gasteiger partial charge in [0.1, 0.15) is 5.82 Å². The summed E-state index contributed by atoms with van der Waals surface area (Å²) in [6.07, 6.45) is 3.63. The second kappa shape index (κ2) is 6.68. The van der Waals surface area contributed by atoms with E-state index in [1.807, 2.05) is 6.20 Å². The number of methoxy groups -OCH3 is 1. The second-order valence-corrected chi connectivity index (χ2v) is 4.93. The van der Waals surface area contributed by atoms with Gasteiger partial charge in [0, 0.05) is 24.3 Å². The topological polar surface area (TPSA) is 39.1 Å². The zero-order valence-electron chi connectivity index (χ0n) is 10.6. The van der Waals surface area contributed by atoms with Crippen molar-refractivity contribution in [3.63, 3.8) is 0 Å². The Hall–Kier alpha value is -1.40. The number of halogens is 2. The van der Waals surface area contributed by atoms with Crippen molar-refractivity contribution in [3.8, 4) is 0 Å². The molecule has 0 saturated heterocycles. The van der Waals surface area contributed by atoms with Gasteiger partial charge in [0.2, 0.25) is 0 Å². The molecule has 0 unspecified atom stereocenters. The average Bonchev–Trinajstić information content (AvgIpc) is 2.85. The van der Waals surface area contributed by atoms with E-state index >= 15 is 0 Å². The van der Waals surface area contributed by atoms with Crippen molar-refractivity contribution in [1.82, 2.24) is 9.78 Å². The summed E-state index contributed by atoms with van der Waals surface area (Å²) < 4.78 is 20.8. The molecule has 1 N–H and O–H groups in total. The van der Waals surface area contributed by atoms with Crippen molar-refractivity contribution >= 4 is 21.6 Å². The number of hydrogen-bond acceptors (Lipinski definition) is 3. The summed E-state index contributed by atoms with van der Waals surface area (Å²) in [4.78, 5) is 0. The average molecular weight is 328 g/mol. The number of nitrogens with zero attached hydrogens (tertiary/aromatic N) is 2. The number of nitrogens with one attached hydrogen (secondary N) is 1. The van der Waals surface area contributed by atoms with Gasteiger partial charge in [-0.05, 0) is 23.8 Å². The van der Waals surface area contributed by atoms with E-state index < -0.39 is 0 Å². The molecule has 0 saturated carbocycles. The molecule has 19 heavy (non-hydrogen) atoms. The zero-order chi connectivity index (χ0) is 13.7. The fraction of sp³-hybridized carbons (Fsp3) is 0.308. The van der Waals surface area contributed by atoms with Crippen LogP contribution in [0.1, 0.15) is 5.56 Å². The molecule has 102 valence electrons. The molecule has 0 fully saturated rings. The van der Waals surface area contributed by atoms with Gasteiger partial charge in [-0.2, -0.15) is 5.10 Å². The third-order valence-corrected chi connectivity index (χ3v) is 3.42. The maximum absolute atomic E-state index is 13.1. The van der Waals surface area contributed by atoms with Crippen molar-refractivity contribution in [1.29, 1.82) is 0 Å². The lowest BCUT2D eigenvalue weighted by atomic mass is 10.2. The van der Waals surface area contributed by atoms with Crippen molar-refractivity contribution in [2.24, 2.45) is 0 Å². The van der Waals surface area contributed by atoms with E-state index in [1.165, 1.54) is 12.1 Å². The lowest BCUT2D eigenvalue weighted by Gasteiger charge is -2.06. The van der Waals surface area contributed by atoms with Gasteiger partial charge in [-0.25, -0.2) is 4.39 Å². The summed E-state index contributed by atoms with van der Waals surface area (Å²) in [5, 5.41) is 7.40. The van der Waals surface area contributed by atoms with Crippen LogP contribution in [-0.4, -0.2) is 23.5 Å². The molecule has 0 spiro atoms. The van der Waals surface area contributed by atoms with Crippen molar-refractivity contribution in [2.75, 3.05) is 19.0 Å². The minimum atomic E-state index is -0.240. The summed E-state index contributed by atoms with van der Waals surface area (Å²) in [6.45, 7) is 1.87. The van der Waals surface area contributed by atoms with Crippen LogP contribution in [0, 0.1) is 5.82 Å². The summed E-state index contributed by atoms with van der Waals surface area (Å²) in [5.41, 5.74) is 1.76. The molecule has 0 aliphatic carbocycles. The molecule has 1 heterocycles. The van der Waals surface area contributed by atoms with Crippen molar-refractivity contribution in [3.05, 3.63) is 46.4 Å². The summed E-state index contributed by atoms with van der Waals surface area (Å²) in [6, 6.07) is 4.64. The third-order valence-electron chi connectivity index (χ3n) is 2.65. The first-order valence-corrected chi connectivity index (χ1v) is 6.67. The van der Waals surface area contributed by atoms with Crippen molar-refractivity contribution in [2.45, 2.75) is 13.1 Å². The highest BCUT2D eigenvalue weighted by atomic mass is 79.9. The molecule has 1 aromatic carbocycles. The van der Waals surface area contributed by atoms with E-state index in [2.05, 4.69) is 26.3 Å². The van der Waals surface area contributed by atoms with Crippen molar-refractivity contribution < 1.29 is 9.13 Å². The van der Waals surface area contributed by atoms with Crippen LogP contribution >= 0.6 is 15.9 Å². The van der Waals surface area contributed by atoms with Gasteiger partial charge in [0.15, 0.2) is 0 Å². The van der Waals surface area contributed by atoms with Crippen LogP contribution in [0.5, 0.6) is 0 Å². The normalized spacial score (nSPS) is 10.7. The SMILES string of the molecule is COCCn1cc(NCc2cc(F)ccc2Br)cn1. The van der Waals surface area contributed by atoms with Gasteiger partial charge in [0.05, 0.1) is 25.0 Å². The van der Waals surface area contributed by atoms with Gasteiger partial charge in [0.25, 0.3) is 0 Å². The van der Waals surface area contributed by atoms with Gasteiger partial charge in [-0.3, -0.25) is 4.68 Å².